The number of fused-ring (bicyclic) bond motifs is 1. The second kappa shape index (κ2) is 9.02. The third-order valence-electron chi connectivity index (χ3n) is 6.20. The molecule has 33 heavy (non-hydrogen) atoms. The van der Waals surface area contributed by atoms with Crippen LogP contribution in [0, 0.1) is 11.6 Å². The van der Waals surface area contributed by atoms with Gasteiger partial charge >= 0.3 is 0 Å². The highest BCUT2D eigenvalue weighted by molar-refractivity contribution is 5.91. The summed E-state index contributed by atoms with van der Waals surface area (Å²) < 4.78 is 27.4. The summed E-state index contributed by atoms with van der Waals surface area (Å²) in [4.78, 5) is 24.8. The molecule has 1 aliphatic rings. The van der Waals surface area contributed by atoms with E-state index >= 15 is 0 Å². The second-order valence-electron chi connectivity index (χ2n) is 8.23. The standard InChI is InChI=1S/C26H24F2N4O/c27-19-6-4-18(5-7-19)26-21(22-17-20(28)8-10-23(22)30-26)9-11-25(33)32-15-13-31(14-16-32)24-3-1-2-12-29-24/h1-8,10,12,17,30H,9,11,13-16H2. The summed E-state index contributed by atoms with van der Waals surface area (Å²) in [6, 6.07) is 16.6. The normalized spacial score (nSPS) is 14.1. The molecule has 2 aromatic heterocycles. The number of hydrogen-bond donors (Lipinski definition) is 1. The monoisotopic (exact) mass is 446 g/mol. The number of H-pyrrole nitrogens is 1. The number of benzene rings is 2. The molecule has 168 valence electrons. The van der Waals surface area contributed by atoms with Crippen molar-refractivity contribution in [3.8, 4) is 11.3 Å². The van der Waals surface area contributed by atoms with Crippen molar-refractivity contribution in [2.75, 3.05) is 31.1 Å². The van der Waals surface area contributed by atoms with Crippen molar-refractivity contribution in [1.29, 1.82) is 0 Å². The van der Waals surface area contributed by atoms with Crippen LogP contribution in [-0.2, 0) is 11.2 Å². The Bertz CT molecular complexity index is 1260. The quantitative estimate of drug-likeness (QED) is 0.480. The highest BCUT2D eigenvalue weighted by Gasteiger charge is 2.23. The van der Waals surface area contributed by atoms with Gasteiger partial charge in [0.2, 0.25) is 5.91 Å². The minimum absolute atomic E-state index is 0.0754. The summed E-state index contributed by atoms with van der Waals surface area (Å²) in [6.07, 6.45) is 2.56. The molecule has 0 saturated carbocycles. The van der Waals surface area contributed by atoms with Crippen LogP contribution in [0.4, 0.5) is 14.6 Å². The predicted molar refractivity (Wildman–Crippen MR) is 125 cm³/mol. The lowest BCUT2D eigenvalue weighted by Gasteiger charge is -2.35. The van der Waals surface area contributed by atoms with Gasteiger partial charge in [0, 0.05) is 55.4 Å². The highest BCUT2D eigenvalue weighted by Crippen LogP contribution is 2.32. The van der Waals surface area contributed by atoms with Gasteiger partial charge in [0.25, 0.3) is 0 Å². The average molecular weight is 447 g/mol. The van der Waals surface area contributed by atoms with Crippen molar-refractivity contribution >= 4 is 22.6 Å². The molecule has 1 aliphatic heterocycles. The lowest BCUT2D eigenvalue weighted by Crippen LogP contribution is -2.49. The largest absolute Gasteiger partial charge is 0.354 e. The summed E-state index contributed by atoms with van der Waals surface area (Å²) in [7, 11) is 0. The first-order valence-corrected chi connectivity index (χ1v) is 11.1. The Balaban J connectivity index is 1.32. The Hall–Kier alpha value is -3.74. The molecule has 1 saturated heterocycles. The lowest BCUT2D eigenvalue weighted by molar-refractivity contribution is -0.131. The van der Waals surface area contributed by atoms with Crippen molar-refractivity contribution in [3.05, 3.63) is 84.1 Å². The zero-order valence-electron chi connectivity index (χ0n) is 18.1. The van der Waals surface area contributed by atoms with Gasteiger partial charge in [-0.2, -0.15) is 0 Å². The Kier molecular flexibility index (Phi) is 5.77. The number of pyridine rings is 1. The second-order valence-corrected chi connectivity index (χ2v) is 8.23. The van der Waals surface area contributed by atoms with Crippen molar-refractivity contribution in [2.45, 2.75) is 12.8 Å². The van der Waals surface area contributed by atoms with E-state index in [0.717, 1.165) is 46.6 Å². The smallest absolute Gasteiger partial charge is 0.223 e. The molecule has 0 bridgehead atoms. The summed E-state index contributed by atoms with van der Waals surface area (Å²) >= 11 is 0. The molecule has 0 radical (unpaired) electrons. The zero-order chi connectivity index (χ0) is 22.8. The number of hydrogen-bond acceptors (Lipinski definition) is 3. The van der Waals surface area contributed by atoms with Gasteiger partial charge in [-0.05, 0) is 72.1 Å². The minimum atomic E-state index is -0.328. The number of aromatic nitrogens is 2. The molecule has 0 spiro atoms. The van der Waals surface area contributed by atoms with Crippen LogP contribution in [0.3, 0.4) is 0 Å². The van der Waals surface area contributed by atoms with Crippen LogP contribution in [0.2, 0.25) is 0 Å². The number of halogens is 2. The number of anilines is 1. The van der Waals surface area contributed by atoms with Crippen LogP contribution in [-0.4, -0.2) is 47.0 Å². The number of rotatable bonds is 5. The van der Waals surface area contributed by atoms with Gasteiger partial charge in [-0.1, -0.05) is 6.07 Å². The maximum Gasteiger partial charge on any atom is 0.223 e. The molecule has 0 atom stereocenters. The SMILES string of the molecule is O=C(CCc1c(-c2ccc(F)cc2)[nH]c2ccc(F)cc12)N1CCN(c2ccccn2)CC1. The molecule has 1 fully saturated rings. The van der Waals surface area contributed by atoms with E-state index < -0.39 is 0 Å². The van der Waals surface area contributed by atoms with Crippen molar-refractivity contribution < 1.29 is 13.6 Å². The van der Waals surface area contributed by atoms with Crippen LogP contribution in [0.25, 0.3) is 22.2 Å². The minimum Gasteiger partial charge on any atom is -0.354 e. The fourth-order valence-electron chi connectivity index (χ4n) is 4.46. The Morgan fingerprint density at radius 2 is 1.70 bits per heavy atom. The molecule has 0 unspecified atom stereocenters. The van der Waals surface area contributed by atoms with Crippen molar-refractivity contribution in [3.63, 3.8) is 0 Å². The summed E-state index contributed by atoms with van der Waals surface area (Å²) in [5.41, 5.74) is 3.27. The molecule has 0 aliphatic carbocycles. The summed E-state index contributed by atoms with van der Waals surface area (Å²) in [6.45, 7) is 2.76. The number of nitrogens with one attached hydrogen (secondary N) is 1. The van der Waals surface area contributed by atoms with Crippen LogP contribution in [0.15, 0.2) is 66.9 Å². The van der Waals surface area contributed by atoms with Gasteiger partial charge in [0.05, 0.1) is 0 Å². The summed E-state index contributed by atoms with van der Waals surface area (Å²) in [5, 5.41) is 0.752. The first-order valence-electron chi connectivity index (χ1n) is 11.1. The highest BCUT2D eigenvalue weighted by atomic mass is 19.1. The third kappa shape index (κ3) is 4.44. The molecule has 5 nitrogen and oxygen atoms in total. The maximum atomic E-state index is 14.0. The van der Waals surface area contributed by atoms with Crippen LogP contribution in [0.1, 0.15) is 12.0 Å². The van der Waals surface area contributed by atoms with E-state index in [9.17, 15) is 13.6 Å². The molecular formula is C26H24F2N4O. The number of aryl methyl sites for hydroxylation is 1. The van der Waals surface area contributed by atoms with Crippen molar-refractivity contribution in [2.24, 2.45) is 0 Å². The van der Waals surface area contributed by atoms with Crippen LogP contribution in [0.5, 0.6) is 0 Å². The Morgan fingerprint density at radius 1 is 0.939 bits per heavy atom. The number of carbonyl (C=O) groups excluding carboxylic acids is 1. The number of carbonyl (C=O) groups is 1. The predicted octanol–water partition coefficient (Wildman–Crippen LogP) is 4.79. The van der Waals surface area contributed by atoms with Crippen LogP contribution >= 0.6 is 0 Å². The molecule has 3 heterocycles. The van der Waals surface area contributed by atoms with Gasteiger partial charge in [0.15, 0.2) is 0 Å². The number of amides is 1. The number of piperazine rings is 1. The first-order chi connectivity index (χ1) is 16.1. The van der Waals surface area contributed by atoms with Gasteiger partial charge in [0.1, 0.15) is 17.5 Å². The topological polar surface area (TPSA) is 52.2 Å². The lowest BCUT2D eigenvalue weighted by atomic mass is 10.0. The Labute approximate surface area is 190 Å². The van der Waals surface area contributed by atoms with E-state index in [2.05, 4.69) is 14.9 Å². The van der Waals surface area contributed by atoms with Gasteiger partial charge in [-0.3, -0.25) is 4.79 Å². The number of nitrogens with zero attached hydrogens (tertiary/aromatic N) is 3. The number of aromatic amines is 1. The first kappa shape index (κ1) is 21.1. The Morgan fingerprint density at radius 3 is 2.42 bits per heavy atom. The van der Waals surface area contributed by atoms with Gasteiger partial charge in [-0.25, -0.2) is 13.8 Å². The fraction of sp³-hybridized carbons (Fsp3) is 0.231. The third-order valence-corrected chi connectivity index (χ3v) is 6.20. The molecule has 1 amide bonds. The van der Waals surface area contributed by atoms with E-state index in [4.69, 9.17) is 0 Å². The average Bonchev–Trinajstić information content (AvgIpc) is 3.21. The van der Waals surface area contributed by atoms with E-state index in [1.54, 1.807) is 24.4 Å². The van der Waals surface area contributed by atoms with E-state index in [-0.39, 0.29) is 17.5 Å². The van der Waals surface area contributed by atoms with E-state index in [0.29, 0.717) is 25.9 Å². The fourth-order valence-corrected chi connectivity index (χ4v) is 4.46. The molecule has 7 heteroatoms. The van der Waals surface area contributed by atoms with Crippen molar-refractivity contribution in [1.82, 2.24) is 14.9 Å². The summed E-state index contributed by atoms with van der Waals surface area (Å²) in [5.74, 6) is 0.355. The van der Waals surface area contributed by atoms with E-state index in [1.807, 2.05) is 23.1 Å². The van der Waals surface area contributed by atoms with Crippen LogP contribution < -0.4 is 4.90 Å². The maximum absolute atomic E-state index is 14.0. The molecule has 4 aromatic rings. The molecule has 2 aromatic carbocycles. The molecule has 5 rings (SSSR count). The van der Waals surface area contributed by atoms with Gasteiger partial charge < -0.3 is 14.8 Å². The van der Waals surface area contributed by atoms with E-state index in [1.165, 1.54) is 24.3 Å². The molecular weight excluding hydrogens is 422 g/mol. The zero-order valence-corrected chi connectivity index (χ0v) is 18.1. The molecule has 1 N–H and O–H groups in total. The van der Waals surface area contributed by atoms with Gasteiger partial charge in [-0.15, -0.1) is 0 Å².